The van der Waals surface area contributed by atoms with Crippen molar-refractivity contribution in [2.45, 2.75) is 103 Å². The molecule has 2 aliphatic heterocycles. The molecule has 1 aliphatic carbocycles. The number of rotatable bonds is 7. The number of pyridine rings is 1. The first-order chi connectivity index (χ1) is 24.2. The molecule has 2 atom stereocenters. The lowest BCUT2D eigenvalue weighted by Crippen LogP contribution is -2.59. The zero-order valence-corrected chi connectivity index (χ0v) is 32.5. The molecule has 3 amide bonds. The SMILES string of the molecule is CCOc1cc(C(C)(C)C)ncc1C1=N[C@@](C)(c2ccc(Cl)cc2)[C@@](C)(c2ccc(Cl)cc2)N1C(=O)N1CCC(C(=O)N(C)C2CCCC2)CC1. The van der Waals surface area contributed by atoms with Gasteiger partial charge in [-0.15, -0.1) is 0 Å². The Labute approximate surface area is 313 Å². The van der Waals surface area contributed by atoms with Crippen molar-refractivity contribution in [1.82, 2.24) is 19.7 Å². The number of nitrogens with zero attached hydrogens (tertiary/aromatic N) is 5. The van der Waals surface area contributed by atoms with E-state index in [1.54, 1.807) is 6.20 Å². The maximum absolute atomic E-state index is 15.3. The van der Waals surface area contributed by atoms with Gasteiger partial charge in [0.2, 0.25) is 5.91 Å². The fourth-order valence-corrected chi connectivity index (χ4v) is 8.33. The minimum atomic E-state index is -1.03. The Morgan fingerprint density at radius 1 is 0.922 bits per heavy atom. The maximum atomic E-state index is 15.3. The van der Waals surface area contributed by atoms with Gasteiger partial charge in [-0.3, -0.25) is 19.7 Å². The van der Waals surface area contributed by atoms with Crippen molar-refractivity contribution in [1.29, 1.82) is 0 Å². The summed E-state index contributed by atoms with van der Waals surface area (Å²) in [7, 11) is 1.95. The Kier molecular flexibility index (Phi) is 10.5. The topological polar surface area (TPSA) is 78.3 Å². The van der Waals surface area contributed by atoms with Crippen LogP contribution < -0.4 is 4.74 Å². The van der Waals surface area contributed by atoms with Crippen LogP contribution in [0.1, 0.15) is 102 Å². The van der Waals surface area contributed by atoms with Crippen molar-refractivity contribution in [2.24, 2.45) is 10.9 Å². The molecule has 2 aromatic carbocycles. The van der Waals surface area contributed by atoms with Gasteiger partial charge >= 0.3 is 6.03 Å². The van der Waals surface area contributed by atoms with Crippen LogP contribution in [0, 0.1) is 5.92 Å². The number of piperidine rings is 1. The molecule has 8 nitrogen and oxygen atoms in total. The fraction of sp³-hybridized carbons (Fsp3) is 0.512. The second kappa shape index (κ2) is 14.4. The molecular formula is C41H51Cl2N5O3. The van der Waals surface area contributed by atoms with Crippen molar-refractivity contribution in [3.8, 4) is 5.75 Å². The van der Waals surface area contributed by atoms with Gasteiger partial charge in [0, 0.05) is 65.5 Å². The van der Waals surface area contributed by atoms with E-state index >= 15 is 4.79 Å². The van der Waals surface area contributed by atoms with Crippen LogP contribution in [0.5, 0.6) is 5.75 Å². The summed E-state index contributed by atoms with van der Waals surface area (Å²) in [5, 5.41) is 1.21. The molecule has 3 aromatic rings. The molecule has 51 heavy (non-hydrogen) atoms. The van der Waals surface area contributed by atoms with E-state index in [0.717, 1.165) is 29.7 Å². The van der Waals surface area contributed by atoms with E-state index < -0.39 is 11.1 Å². The van der Waals surface area contributed by atoms with Crippen molar-refractivity contribution in [3.63, 3.8) is 0 Å². The highest BCUT2D eigenvalue weighted by Crippen LogP contribution is 2.54. The number of amidine groups is 1. The lowest BCUT2D eigenvalue weighted by Gasteiger charge is -2.47. The van der Waals surface area contributed by atoms with Crippen LogP contribution in [0.4, 0.5) is 4.79 Å². The number of benzene rings is 2. The van der Waals surface area contributed by atoms with Gasteiger partial charge in [0.05, 0.1) is 12.2 Å². The first-order valence-electron chi connectivity index (χ1n) is 18.3. The molecular weight excluding hydrogens is 681 g/mol. The lowest BCUT2D eigenvalue weighted by atomic mass is 9.71. The van der Waals surface area contributed by atoms with Crippen LogP contribution in [0.15, 0.2) is 65.8 Å². The number of ether oxygens (including phenoxy) is 1. The first-order valence-corrected chi connectivity index (χ1v) is 19.1. The number of halogens is 2. The van der Waals surface area contributed by atoms with Crippen LogP contribution >= 0.6 is 23.2 Å². The molecule has 0 spiro atoms. The Morgan fingerprint density at radius 3 is 2.04 bits per heavy atom. The van der Waals surface area contributed by atoms with Crippen LogP contribution in [-0.4, -0.2) is 70.2 Å². The van der Waals surface area contributed by atoms with Crippen LogP contribution in [0.2, 0.25) is 10.0 Å². The summed E-state index contributed by atoms with van der Waals surface area (Å²) < 4.78 is 6.29. The normalized spacial score (nSPS) is 23.0. The molecule has 1 saturated carbocycles. The molecule has 1 aromatic heterocycles. The third-order valence-corrected chi connectivity index (χ3v) is 12.0. The number of hydrogen-bond acceptors (Lipinski definition) is 5. The van der Waals surface area contributed by atoms with Gasteiger partial charge in [0.25, 0.3) is 0 Å². The molecule has 272 valence electrons. The lowest BCUT2D eigenvalue weighted by molar-refractivity contribution is -0.137. The van der Waals surface area contributed by atoms with Gasteiger partial charge in [0.1, 0.15) is 22.7 Å². The molecule has 0 N–H and O–H groups in total. The number of amides is 3. The number of carbonyl (C=O) groups is 2. The van der Waals surface area contributed by atoms with Gasteiger partial charge in [-0.05, 0) is 81.8 Å². The zero-order chi connectivity index (χ0) is 36.7. The van der Waals surface area contributed by atoms with Crippen molar-refractivity contribution in [3.05, 3.63) is 93.2 Å². The zero-order valence-electron chi connectivity index (χ0n) is 31.0. The third kappa shape index (κ3) is 6.86. The molecule has 3 heterocycles. The first kappa shape index (κ1) is 37.1. The molecule has 0 bridgehead atoms. The summed E-state index contributed by atoms with van der Waals surface area (Å²) in [4.78, 5) is 45.0. The summed E-state index contributed by atoms with van der Waals surface area (Å²) in [6, 6.07) is 17.5. The number of aliphatic imine (C=N–C) groups is 1. The summed E-state index contributed by atoms with van der Waals surface area (Å²) in [5.74, 6) is 1.19. The standard InChI is InChI=1S/C41H51Cl2N5O3/c1-8-51-34-25-35(39(2,3)4)44-26-33(34)36-45-40(5,28-13-17-30(42)18-14-28)41(6,29-15-19-31(43)20-16-29)48(36)38(50)47-23-21-27(22-24-47)37(49)46(7)32-11-9-10-12-32/h13-20,25-27,32H,8-12,21-24H2,1-7H3/t40-,41+/m0/s1. The van der Waals surface area contributed by atoms with Gasteiger partial charge in [0.15, 0.2) is 0 Å². The van der Waals surface area contributed by atoms with E-state index in [1.165, 1.54) is 12.8 Å². The molecule has 0 radical (unpaired) electrons. The van der Waals surface area contributed by atoms with E-state index in [1.807, 2.05) is 83.3 Å². The van der Waals surface area contributed by atoms with Gasteiger partial charge in [-0.2, -0.15) is 0 Å². The van der Waals surface area contributed by atoms with Crippen LogP contribution in [0.25, 0.3) is 0 Å². The Bertz CT molecular complexity index is 1780. The molecule has 10 heteroatoms. The van der Waals surface area contributed by atoms with E-state index in [-0.39, 0.29) is 23.3 Å². The maximum Gasteiger partial charge on any atom is 0.326 e. The fourth-order valence-electron chi connectivity index (χ4n) is 8.08. The minimum absolute atomic E-state index is 0.105. The number of aromatic nitrogens is 1. The van der Waals surface area contributed by atoms with Crippen molar-refractivity contribution < 1.29 is 14.3 Å². The van der Waals surface area contributed by atoms with E-state index in [2.05, 4.69) is 34.6 Å². The third-order valence-electron chi connectivity index (χ3n) is 11.5. The average molecular weight is 733 g/mol. The molecule has 3 aliphatic rings. The van der Waals surface area contributed by atoms with Gasteiger partial charge in [-0.25, -0.2) is 4.79 Å². The number of hydrogen-bond donors (Lipinski definition) is 0. The summed E-state index contributed by atoms with van der Waals surface area (Å²) >= 11 is 12.8. The van der Waals surface area contributed by atoms with Crippen LogP contribution in [0.3, 0.4) is 0 Å². The van der Waals surface area contributed by atoms with Gasteiger partial charge < -0.3 is 14.5 Å². The highest BCUT2D eigenvalue weighted by molar-refractivity contribution is 6.30. The monoisotopic (exact) mass is 731 g/mol. The molecule has 2 fully saturated rings. The second-order valence-electron chi connectivity index (χ2n) is 15.6. The largest absolute Gasteiger partial charge is 0.493 e. The predicted molar refractivity (Wildman–Crippen MR) is 205 cm³/mol. The highest BCUT2D eigenvalue weighted by Gasteiger charge is 2.60. The molecule has 1 saturated heterocycles. The number of likely N-dealkylation sites (tertiary alicyclic amines) is 1. The predicted octanol–water partition coefficient (Wildman–Crippen LogP) is 9.21. The molecule has 0 unspecified atom stereocenters. The summed E-state index contributed by atoms with van der Waals surface area (Å²) in [6.45, 7) is 13.8. The Balaban J connectivity index is 1.46. The van der Waals surface area contributed by atoms with E-state index in [4.69, 9.17) is 37.9 Å². The number of carbonyl (C=O) groups excluding carboxylic acids is 2. The molecule has 6 rings (SSSR count). The number of urea groups is 1. The Hall–Kier alpha value is -3.62. The van der Waals surface area contributed by atoms with Gasteiger partial charge in [-0.1, -0.05) is 81.1 Å². The Morgan fingerprint density at radius 2 is 1.49 bits per heavy atom. The van der Waals surface area contributed by atoms with E-state index in [0.29, 0.717) is 65.8 Å². The summed E-state index contributed by atoms with van der Waals surface area (Å²) in [5.41, 5.74) is 1.06. The second-order valence-corrected chi connectivity index (χ2v) is 16.5. The summed E-state index contributed by atoms with van der Waals surface area (Å²) in [6.07, 6.45) is 7.51. The quantitative estimate of drug-likeness (QED) is 0.243. The van der Waals surface area contributed by atoms with Crippen LogP contribution in [-0.2, 0) is 21.3 Å². The minimum Gasteiger partial charge on any atom is -0.493 e. The smallest absolute Gasteiger partial charge is 0.326 e. The van der Waals surface area contributed by atoms with E-state index in [9.17, 15) is 4.79 Å². The van der Waals surface area contributed by atoms with Crippen molar-refractivity contribution in [2.75, 3.05) is 26.7 Å². The van der Waals surface area contributed by atoms with Crippen molar-refractivity contribution >= 4 is 41.0 Å². The average Bonchev–Trinajstić information content (AvgIpc) is 3.74. The highest BCUT2D eigenvalue weighted by atomic mass is 35.5.